The molecule has 1 fully saturated rings. The maximum Gasteiger partial charge on any atom is 0.230 e. The molecule has 22 heavy (non-hydrogen) atoms. The topological polar surface area (TPSA) is 54.5 Å². The number of morpholine rings is 1. The van der Waals surface area contributed by atoms with Gasteiger partial charge in [-0.05, 0) is 17.9 Å². The summed E-state index contributed by atoms with van der Waals surface area (Å²) in [5.74, 6) is 0.607. The third-order valence-electron chi connectivity index (χ3n) is 3.59. The average Bonchev–Trinajstić information content (AvgIpc) is 2.47. The monoisotopic (exact) mass is 323 g/mol. The molecule has 0 aliphatic carbocycles. The normalized spacial score (nSPS) is 16.5. The molecule has 2 rings (SSSR count). The number of nitrogens with zero attached hydrogens (tertiary/aromatic N) is 2. The van der Waals surface area contributed by atoms with E-state index in [-0.39, 0.29) is 5.91 Å². The molecule has 1 N–H and O–H groups in total. The van der Waals surface area contributed by atoms with E-state index in [1.54, 1.807) is 11.8 Å². The highest BCUT2D eigenvalue weighted by molar-refractivity contribution is 7.98. The first kappa shape index (κ1) is 17.2. The quantitative estimate of drug-likeness (QED) is 0.863. The SMILES string of the molecule is CSc1cnc(NC(=O)C(C)(C)C)cc1CN1CCOCC1. The van der Waals surface area contributed by atoms with Gasteiger partial charge in [-0.15, -0.1) is 11.8 Å². The van der Waals surface area contributed by atoms with Crippen LogP contribution in [-0.4, -0.2) is 48.4 Å². The Morgan fingerprint density at radius 1 is 1.41 bits per heavy atom. The molecule has 1 aromatic rings. The number of thioether (sulfide) groups is 1. The van der Waals surface area contributed by atoms with Crippen molar-refractivity contribution in [2.45, 2.75) is 32.2 Å². The molecule has 0 atom stereocenters. The Balaban J connectivity index is 2.13. The van der Waals surface area contributed by atoms with Gasteiger partial charge < -0.3 is 10.1 Å². The number of carbonyl (C=O) groups excluding carboxylic acids is 1. The van der Waals surface area contributed by atoms with Gasteiger partial charge in [-0.3, -0.25) is 9.69 Å². The number of ether oxygens (including phenoxy) is 1. The number of amides is 1. The number of hydrogen-bond acceptors (Lipinski definition) is 5. The zero-order valence-corrected chi connectivity index (χ0v) is 14.6. The largest absolute Gasteiger partial charge is 0.379 e. The molecule has 0 bridgehead atoms. The Bertz CT molecular complexity index is 523. The van der Waals surface area contributed by atoms with Crippen LogP contribution < -0.4 is 5.32 Å². The van der Waals surface area contributed by atoms with E-state index in [0.717, 1.165) is 37.7 Å². The summed E-state index contributed by atoms with van der Waals surface area (Å²) in [5.41, 5.74) is 0.776. The first-order valence-electron chi connectivity index (χ1n) is 7.54. The van der Waals surface area contributed by atoms with Crippen molar-refractivity contribution in [2.75, 3.05) is 37.9 Å². The maximum atomic E-state index is 12.1. The summed E-state index contributed by atoms with van der Waals surface area (Å²) < 4.78 is 5.39. The third-order valence-corrected chi connectivity index (χ3v) is 4.40. The third kappa shape index (κ3) is 4.69. The molecule has 2 heterocycles. The van der Waals surface area contributed by atoms with Crippen LogP contribution in [0, 0.1) is 5.41 Å². The molecule has 1 aliphatic rings. The Kier molecular flexibility index (Phi) is 5.83. The van der Waals surface area contributed by atoms with Crippen LogP contribution in [0.15, 0.2) is 17.2 Å². The predicted octanol–water partition coefficient (Wildman–Crippen LogP) is 2.62. The number of nitrogens with one attached hydrogen (secondary N) is 1. The number of carbonyl (C=O) groups is 1. The molecule has 0 unspecified atom stereocenters. The zero-order chi connectivity index (χ0) is 16.2. The van der Waals surface area contributed by atoms with Gasteiger partial charge in [0.15, 0.2) is 0 Å². The van der Waals surface area contributed by atoms with Gasteiger partial charge in [-0.1, -0.05) is 20.8 Å². The van der Waals surface area contributed by atoms with Crippen molar-refractivity contribution in [2.24, 2.45) is 5.41 Å². The fraction of sp³-hybridized carbons (Fsp3) is 0.625. The molecule has 6 heteroatoms. The summed E-state index contributed by atoms with van der Waals surface area (Å²) in [6, 6.07) is 1.99. The number of anilines is 1. The van der Waals surface area contributed by atoms with Crippen LogP contribution in [0.4, 0.5) is 5.82 Å². The number of pyridine rings is 1. The minimum absolute atomic E-state index is 0.0192. The van der Waals surface area contributed by atoms with E-state index >= 15 is 0 Å². The van der Waals surface area contributed by atoms with Crippen LogP contribution in [0.2, 0.25) is 0 Å². The lowest BCUT2D eigenvalue weighted by Gasteiger charge is -2.27. The second-order valence-electron chi connectivity index (χ2n) is 6.47. The highest BCUT2D eigenvalue weighted by Crippen LogP contribution is 2.24. The van der Waals surface area contributed by atoms with Gasteiger partial charge in [0.2, 0.25) is 5.91 Å². The van der Waals surface area contributed by atoms with Gasteiger partial charge >= 0.3 is 0 Å². The molecule has 1 saturated heterocycles. The van der Waals surface area contributed by atoms with Crippen LogP contribution in [0.5, 0.6) is 0 Å². The lowest BCUT2D eigenvalue weighted by atomic mass is 9.96. The molecule has 0 spiro atoms. The zero-order valence-electron chi connectivity index (χ0n) is 13.8. The van der Waals surface area contributed by atoms with Gasteiger partial charge in [-0.2, -0.15) is 0 Å². The van der Waals surface area contributed by atoms with Crippen molar-refractivity contribution in [3.05, 3.63) is 17.8 Å². The minimum Gasteiger partial charge on any atom is -0.379 e. The van der Waals surface area contributed by atoms with Gasteiger partial charge in [0.05, 0.1) is 13.2 Å². The molecular formula is C16H25N3O2S. The van der Waals surface area contributed by atoms with E-state index in [2.05, 4.69) is 15.2 Å². The van der Waals surface area contributed by atoms with Crippen LogP contribution in [-0.2, 0) is 16.1 Å². The summed E-state index contributed by atoms with van der Waals surface area (Å²) in [6.07, 6.45) is 3.89. The Hall–Kier alpha value is -1.11. The molecular weight excluding hydrogens is 298 g/mol. The molecule has 0 radical (unpaired) electrons. The fourth-order valence-electron chi connectivity index (χ4n) is 2.16. The van der Waals surface area contributed by atoms with Crippen molar-refractivity contribution in [3.8, 4) is 0 Å². The molecule has 122 valence electrons. The van der Waals surface area contributed by atoms with E-state index in [0.29, 0.717) is 5.82 Å². The lowest BCUT2D eigenvalue weighted by Crippen LogP contribution is -2.35. The molecule has 5 nitrogen and oxygen atoms in total. The standard InChI is InChI=1S/C16H25N3O2S/c1-16(2,3)15(20)18-14-9-12(13(22-4)10-17-14)11-19-5-7-21-8-6-19/h9-10H,5-8,11H2,1-4H3,(H,17,18,20). The smallest absolute Gasteiger partial charge is 0.230 e. The lowest BCUT2D eigenvalue weighted by molar-refractivity contribution is -0.123. The maximum absolute atomic E-state index is 12.1. The predicted molar refractivity (Wildman–Crippen MR) is 90.2 cm³/mol. The summed E-state index contributed by atoms with van der Waals surface area (Å²) in [4.78, 5) is 20.0. The first-order valence-corrected chi connectivity index (χ1v) is 8.77. The number of rotatable bonds is 4. The fourth-order valence-corrected chi connectivity index (χ4v) is 2.71. The molecule has 1 aliphatic heterocycles. The summed E-state index contributed by atoms with van der Waals surface area (Å²) >= 11 is 1.68. The van der Waals surface area contributed by atoms with Crippen LogP contribution in [0.1, 0.15) is 26.3 Å². The van der Waals surface area contributed by atoms with Gasteiger partial charge in [0.25, 0.3) is 0 Å². The minimum atomic E-state index is -0.426. The molecule has 0 aromatic carbocycles. The van der Waals surface area contributed by atoms with E-state index in [1.807, 2.05) is 39.3 Å². The highest BCUT2D eigenvalue weighted by Gasteiger charge is 2.22. The number of hydrogen-bond donors (Lipinski definition) is 1. The molecule has 0 saturated carbocycles. The van der Waals surface area contributed by atoms with Gasteiger partial charge in [-0.25, -0.2) is 4.98 Å². The van der Waals surface area contributed by atoms with Crippen LogP contribution in [0.3, 0.4) is 0 Å². The van der Waals surface area contributed by atoms with Crippen molar-refractivity contribution < 1.29 is 9.53 Å². The second kappa shape index (κ2) is 7.44. The molecule has 1 aromatic heterocycles. The second-order valence-corrected chi connectivity index (χ2v) is 7.32. The Morgan fingerprint density at radius 2 is 2.09 bits per heavy atom. The van der Waals surface area contributed by atoms with Crippen molar-refractivity contribution in [1.82, 2.24) is 9.88 Å². The van der Waals surface area contributed by atoms with Crippen LogP contribution in [0.25, 0.3) is 0 Å². The average molecular weight is 323 g/mol. The Morgan fingerprint density at radius 3 is 2.68 bits per heavy atom. The van der Waals surface area contributed by atoms with E-state index < -0.39 is 5.41 Å². The van der Waals surface area contributed by atoms with Crippen molar-refractivity contribution in [3.63, 3.8) is 0 Å². The van der Waals surface area contributed by atoms with E-state index in [4.69, 9.17) is 4.74 Å². The van der Waals surface area contributed by atoms with E-state index in [1.165, 1.54) is 5.56 Å². The number of aromatic nitrogens is 1. The summed E-state index contributed by atoms with van der Waals surface area (Å²) in [6.45, 7) is 10.0. The summed E-state index contributed by atoms with van der Waals surface area (Å²) in [7, 11) is 0. The van der Waals surface area contributed by atoms with Crippen molar-refractivity contribution >= 4 is 23.5 Å². The van der Waals surface area contributed by atoms with Gasteiger partial charge in [0, 0.05) is 36.1 Å². The Labute approximate surface area is 136 Å². The van der Waals surface area contributed by atoms with E-state index in [9.17, 15) is 4.79 Å². The van der Waals surface area contributed by atoms with Crippen molar-refractivity contribution in [1.29, 1.82) is 0 Å². The van der Waals surface area contributed by atoms with Gasteiger partial charge in [0.1, 0.15) is 5.82 Å². The molecule has 1 amide bonds. The van der Waals surface area contributed by atoms with Crippen LogP contribution >= 0.6 is 11.8 Å². The first-order chi connectivity index (χ1) is 10.4. The highest BCUT2D eigenvalue weighted by atomic mass is 32.2. The summed E-state index contributed by atoms with van der Waals surface area (Å²) in [5, 5.41) is 2.91.